The lowest BCUT2D eigenvalue weighted by Gasteiger charge is -2.30. The van der Waals surface area contributed by atoms with E-state index in [0.29, 0.717) is 6.42 Å². The molecule has 0 bridgehead atoms. The maximum absolute atomic E-state index is 12.5. The summed E-state index contributed by atoms with van der Waals surface area (Å²) in [6.45, 7) is 4.08. The number of piperidine rings is 1. The normalized spacial score (nSPS) is 15.6. The number of benzene rings is 2. The van der Waals surface area contributed by atoms with Crippen molar-refractivity contribution in [3.63, 3.8) is 0 Å². The highest BCUT2D eigenvalue weighted by Gasteiger charge is 2.20. The second kappa shape index (κ2) is 6.96. The van der Waals surface area contributed by atoms with Crippen LogP contribution in [0.2, 0.25) is 0 Å². The lowest BCUT2D eigenvalue weighted by molar-refractivity contribution is -0.131. The van der Waals surface area contributed by atoms with Gasteiger partial charge in [-0.25, -0.2) is 4.98 Å². The Balaban J connectivity index is 1.45. The van der Waals surface area contributed by atoms with Gasteiger partial charge in [-0.05, 0) is 36.5 Å². The maximum atomic E-state index is 12.5. The first-order chi connectivity index (χ1) is 12.2. The molecule has 0 atom stereocenters. The zero-order valence-electron chi connectivity index (χ0n) is 14.4. The molecule has 4 heteroatoms. The quantitative estimate of drug-likeness (QED) is 0.682. The number of amides is 1. The van der Waals surface area contributed by atoms with Gasteiger partial charge in [-0.2, -0.15) is 0 Å². The van der Waals surface area contributed by atoms with Crippen LogP contribution < -0.4 is 0 Å². The Bertz CT molecular complexity index is 843. The van der Waals surface area contributed by atoms with Crippen LogP contribution in [0.25, 0.3) is 20.8 Å². The molecule has 0 unspecified atom stereocenters. The lowest BCUT2D eigenvalue weighted by atomic mass is 9.98. The van der Waals surface area contributed by atoms with Crippen LogP contribution in [-0.2, 0) is 11.2 Å². The summed E-state index contributed by atoms with van der Waals surface area (Å²) in [7, 11) is 0. The standard InChI is InChI=1S/C21H22N2OS/c1-15-10-12-23(13-11-15)20(24)14-16-6-8-17(9-7-16)21-22-18-4-2-3-5-19(18)25-21/h2-9,15H,10-14H2,1H3. The molecule has 3 aromatic rings. The van der Waals surface area contributed by atoms with E-state index in [0.717, 1.165) is 53.5 Å². The molecule has 1 aromatic heterocycles. The van der Waals surface area contributed by atoms with Gasteiger partial charge < -0.3 is 4.90 Å². The van der Waals surface area contributed by atoms with Crippen LogP contribution in [0.1, 0.15) is 25.3 Å². The number of para-hydroxylation sites is 1. The molecular weight excluding hydrogens is 328 g/mol. The van der Waals surface area contributed by atoms with Crippen LogP contribution in [0, 0.1) is 5.92 Å². The maximum Gasteiger partial charge on any atom is 0.226 e. The van der Waals surface area contributed by atoms with Crippen molar-refractivity contribution in [1.29, 1.82) is 0 Å². The molecular formula is C21H22N2OS. The van der Waals surface area contributed by atoms with E-state index in [1.54, 1.807) is 11.3 Å². The SMILES string of the molecule is CC1CCN(C(=O)Cc2ccc(-c3nc4ccccc4s3)cc2)CC1. The number of hydrogen-bond acceptors (Lipinski definition) is 3. The second-order valence-electron chi connectivity index (χ2n) is 6.92. The number of thiazole rings is 1. The molecule has 2 aromatic carbocycles. The molecule has 1 fully saturated rings. The number of fused-ring (bicyclic) bond motifs is 1. The minimum absolute atomic E-state index is 0.250. The summed E-state index contributed by atoms with van der Waals surface area (Å²) >= 11 is 1.71. The van der Waals surface area contributed by atoms with Gasteiger partial charge in [0.15, 0.2) is 0 Å². The Morgan fingerprint density at radius 2 is 1.84 bits per heavy atom. The van der Waals surface area contributed by atoms with E-state index < -0.39 is 0 Å². The van der Waals surface area contributed by atoms with Crippen molar-refractivity contribution >= 4 is 27.5 Å². The molecule has 1 amide bonds. The molecule has 1 aliphatic rings. The van der Waals surface area contributed by atoms with Crippen molar-refractivity contribution in [2.45, 2.75) is 26.2 Å². The van der Waals surface area contributed by atoms with Crippen molar-refractivity contribution in [2.75, 3.05) is 13.1 Å². The number of carbonyl (C=O) groups is 1. The molecule has 25 heavy (non-hydrogen) atoms. The predicted octanol–water partition coefficient (Wildman–Crippen LogP) is 4.76. The van der Waals surface area contributed by atoms with Gasteiger partial charge in [0.2, 0.25) is 5.91 Å². The summed E-state index contributed by atoms with van der Waals surface area (Å²) in [5.74, 6) is 0.997. The average molecular weight is 350 g/mol. The van der Waals surface area contributed by atoms with Crippen molar-refractivity contribution in [2.24, 2.45) is 5.92 Å². The van der Waals surface area contributed by atoms with E-state index in [2.05, 4.69) is 37.3 Å². The first kappa shape index (κ1) is 16.3. The van der Waals surface area contributed by atoms with Crippen molar-refractivity contribution in [3.05, 3.63) is 54.1 Å². The molecule has 1 aliphatic heterocycles. The van der Waals surface area contributed by atoms with Gasteiger partial charge in [-0.15, -0.1) is 11.3 Å². The predicted molar refractivity (Wildman–Crippen MR) is 104 cm³/mol. The average Bonchev–Trinajstić information content (AvgIpc) is 3.07. The number of rotatable bonds is 3. The summed E-state index contributed by atoms with van der Waals surface area (Å²) in [6.07, 6.45) is 2.75. The van der Waals surface area contributed by atoms with Gasteiger partial charge in [0.05, 0.1) is 16.6 Å². The summed E-state index contributed by atoms with van der Waals surface area (Å²) in [5.41, 5.74) is 3.23. The van der Waals surface area contributed by atoms with Crippen LogP contribution in [0.4, 0.5) is 0 Å². The summed E-state index contributed by atoms with van der Waals surface area (Å²) in [4.78, 5) is 19.2. The molecule has 0 N–H and O–H groups in total. The van der Waals surface area contributed by atoms with Crippen LogP contribution in [0.3, 0.4) is 0 Å². The molecule has 4 rings (SSSR count). The molecule has 3 nitrogen and oxygen atoms in total. The monoisotopic (exact) mass is 350 g/mol. The number of likely N-dealkylation sites (tertiary alicyclic amines) is 1. The molecule has 1 saturated heterocycles. The zero-order chi connectivity index (χ0) is 17.2. The van der Waals surface area contributed by atoms with Gasteiger partial charge in [-0.3, -0.25) is 4.79 Å². The van der Waals surface area contributed by atoms with Crippen LogP contribution in [-0.4, -0.2) is 28.9 Å². The van der Waals surface area contributed by atoms with Gasteiger partial charge in [-0.1, -0.05) is 43.3 Å². The smallest absolute Gasteiger partial charge is 0.226 e. The fourth-order valence-corrected chi connectivity index (χ4v) is 4.28. The summed E-state index contributed by atoms with van der Waals surface area (Å²) in [5, 5.41) is 1.03. The third-order valence-electron chi connectivity index (χ3n) is 4.99. The summed E-state index contributed by atoms with van der Waals surface area (Å²) < 4.78 is 1.20. The number of carbonyl (C=O) groups excluding carboxylic acids is 1. The summed E-state index contributed by atoms with van der Waals surface area (Å²) in [6, 6.07) is 16.5. The second-order valence-corrected chi connectivity index (χ2v) is 7.95. The van der Waals surface area contributed by atoms with E-state index in [4.69, 9.17) is 4.98 Å². The van der Waals surface area contributed by atoms with Crippen LogP contribution in [0.5, 0.6) is 0 Å². The van der Waals surface area contributed by atoms with E-state index in [1.807, 2.05) is 23.1 Å². The Labute approximate surface area is 152 Å². The molecule has 2 heterocycles. The molecule has 0 saturated carbocycles. The Morgan fingerprint density at radius 3 is 2.56 bits per heavy atom. The highest BCUT2D eigenvalue weighted by molar-refractivity contribution is 7.21. The van der Waals surface area contributed by atoms with Gasteiger partial charge in [0, 0.05) is 18.7 Å². The van der Waals surface area contributed by atoms with E-state index in [-0.39, 0.29) is 5.91 Å². The molecule has 0 radical (unpaired) electrons. The van der Waals surface area contributed by atoms with E-state index in [9.17, 15) is 4.79 Å². The zero-order valence-corrected chi connectivity index (χ0v) is 15.3. The van der Waals surface area contributed by atoms with Gasteiger partial charge in [0.1, 0.15) is 5.01 Å². The Morgan fingerprint density at radius 1 is 1.12 bits per heavy atom. The fraction of sp³-hybridized carbons (Fsp3) is 0.333. The molecule has 0 spiro atoms. The minimum Gasteiger partial charge on any atom is -0.342 e. The highest BCUT2D eigenvalue weighted by Crippen LogP contribution is 2.30. The van der Waals surface area contributed by atoms with Gasteiger partial charge >= 0.3 is 0 Å². The molecule has 0 aliphatic carbocycles. The largest absolute Gasteiger partial charge is 0.342 e. The topological polar surface area (TPSA) is 33.2 Å². The highest BCUT2D eigenvalue weighted by atomic mass is 32.1. The molecule has 128 valence electrons. The lowest BCUT2D eigenvalue weighted by Crippen LogP contribution is -2.38. The fourth-order valence-electron chi connectivity index (χ4n) is 3.31. The van der Waals surface area contributed by atoms with E-state index in [1.165, 1.54) is 4.70 Å². The van der Waals surface area contributed by atoms with E-state index >= 15 is 0 Å². The Hall–Kier alpha value is -2.20. The Kier molecular flexibility index (Phi) is 4.53. The van der Waals surface area contributed by atoms with Crippen molar-refractivity contribution in [1.82, 2.24) is 9.88 Å². The van der Waals surface area contributed by atoms with Gasteiger partial charge in [0.25, 0.3) is 0 Å². The first-order valence-electron chi connectivity index (χ1n) is 8.92. The van der Waals surface area contributed by atoms with Crippen molar-refractivity contribution < 1.29 is 4.79 Å². The number of hydrogen-bond donors (Lipinski definition) is 0. The minimum atomic E-state index is 0.250. The van der Waals surface area contributed by atoms with Crippen molar-refractivity contribution in [3.8, 4) is 10.6 Å². The van der Waals surface area contributed by atoms with Crippen LogP contribution in [0.15, 0.2) is 48.5 Å². The first-order valence-corrected chi connectivity index (χ1v) is 9.73. The number of nitrogens with zero attached hydrogens (tertiary/aromatic N) is 2. The number of aromatic nitrogens is 1. The third kappa shape index (κ3) is 3.59. The van der Waals surface area contributed by atoms with Crippen LogP contribution >= 0.6 is 11.3 Å². The third-order valence-corrected chi connectivity index (χ3v) is 6.07.